The van der Waals surface area contributed by atoms with Gasteiger partial charge in [-0.05, 0) is 31.4 Å². The normalized spacial score (nSPS) is 10.2. The molecule has 0 aromatic heterocycles. The number of amides is 1. The summed E-state index contributed by atoms with van der Waals surface area (Å²) in [5.41, 5.74) is 1.08. The number of hydrogen-bond donors (Lipinski definition) is 1. The maximum Gasteiger partial charge on any atom is 0.220 e. The van der Waals surface area contributed by atoms with Gasteiger partial charge in [-0.15, -0.1) is 0 Å². The van der Waals surface area contributed by atoms with Gasteiger partial charge in [0.2, 0.25) is 5.91 Å². The molecule has 106 valence electrons. The summed E-state index contributed by atoms with van der Waals surface area (Å²) in [6, 6.07) is 7.85. The average molecular weight is 265 g/mol. The summed E-state index contributed by atoms with van der Waals surface area (Å²) in [5.74, 6) is 0.944. The highest BCUT2D eigenvalue weighted by atomic mass is 16.5. The lowest BCUT2D eigenvalue weighted by atomic mass is 10.1. The lowest BCUT2D eigenvalue weighted by Crippen LogP contribution is -2.25. The summed E-state index contributed by atoms with van der Waals surface area (Å²) in [6.45, 7) is 3.94. The number of rotatable bonds is 9. The minimum Gasteiger partial charge on any atom is -0.494 e. The van der Waals surface area contributed by atoms with E-state index >= 15 is 0 Å². The van der Waals surface area contributed by atoms with Crippen LogP contribution in [0.25, 0.3) is 0 Å². The molecule has 19 heavy (non-hydrogen) atoms. The summed E-state index contributed by atoms with van der Waals surface area (Å²) in [5, 5.41) is 2.88. The van der Waals surface area contributed by atoms with E-state index in [4.69, 9.17) is 9.47 Å². The van der Waals surface area contributed by atoms with E-state index in [0.29, 0.717) is 32.6 Å². The van der Waals surface area contributed by atoms with Crippen molar-refractivity contribution in [2.45, 2.75) is 26.2 Å². The van der Waals surface area contributed by atoms with E-state index in [9.17, 15) is 4.79 Å². The van der Waals surface area contributed by atoms with Gasteiger partial charge >= 0.3 is 0 Å². The summed E-state index contributed by atoms with van der Waals surface area (Å²) in [4.78, 5) is 11.7. The summed E-state index contributed by atoms with van der Waals surface area (Å²) >= 11 is 0. The predicted octanol–water partition coefficient (Wildman–Crippen LogP) is 2.17. The Morgan fingerprint density at radius 1 is 1.32 bits per heavy atom. The topological polar surface area (TPSA) is 47.6 Å². The quantitative estimate of drug-likeness (QED) is 0.696. The molecule has 4 heteroatoms. The lowest BCUT2D eigenvalue weighted by molar-refractivity contribution is -0.121. The van der Waals surface area contributed by atoms with Gasteiger partial charge in [0, 0.05) is 26.7 Å². The highest BCUT2D eigenvalue weighted by molar-refractivity contribution is 5.76. The first-order chi connectivity index (χ1) is 9.27. The molecule has 0 bridgehead atoms. The van der Waals surface area contributed by atoms with Gasteiger partial charge in [-0.1, -0.05) is 18.2 Å². The Kier molecular flexibility index (Phi) is 7.66. The van der Waals surface area contributed by atoms with Gasteiger partial charge < -0.3 is 14.8 Å². The van der Waals surface area contributed by atoms with Crippen molar-refractivity contribution >= 4 is 5.91 Å². The number of benzene rings is 1. The second-order valence-corrected chi connectivity index (χ2v) is 4.24. The number of ether oxygens (including phenoxy) is 2. The average Bonchev–Trinajstić information content (AvgIpc) is 2.43. The van der Waals surface area contributed by atoms with Crippen molar-refractivity contribution in [2.75, 3.05) is 26.9 Å². The zero-order valence-electron chi connectivity index (χ0n) is 11.8. The molecule has 0 saturated heterocycles. The van der Waals surface area contributed by atoms with Crippen LogP contribution in [0.15, 0.2) is 24.3 Å². The monoisotopic (exact) mass is 265 g/mol. The zero-order valence-corrected chi connectivity index (χ0v) is 11.8. The van der Waals surface area contributed by atoms with Gasteiger partial charge in [-0.3, -0.25) is 4.79 Å². The van der Waals surface area contributed by atoms with E-state index in [1.807, 2.05) is 31.2 Å². The molecule has 0 atom stereocenters. The molecule has 1 aromatic carbocycles. The Bertz CT molecular complexity index is 379. The molecular formula is C15H23NO3. The van der Waals surface area contributed by atoms with Crippen molar-refractivity contribution in [2.24, 2.45) is 0 Å². The standard InChI is InChI=1S/C15H23NO3/c1-3-19-14-8-5-4-7-13(14)9-10-15(17)16-11-6-12-18-2/h4-5,7-8H,3,6,9-12H2,1-2H3,(H,16,17). The van der Waals surface area contributed by atoms with Crippen molar-refractivity contribution in [3.8, 4) is 5.75 Å². The molecule has 0 spiro atoms. The lowest BCUT2D eigenvalue weighted by Gasteiger charge is -2.10. The minimum absolute atomic E-state index is 0.0717. The van der Waals surface area contributed by atoms with Crippen molar-refractivity contribution < 1.29 is 14.3 Å². The van der Waals surface area contributed by atoms with Crippen molar-refractivity contribution in [1.29, 1.82) is 0 Å². The molecule has 0 fully saturated rings. The highest BCUT2D eigenvalue weighted by Gasteiger charge is 2.06. The Balaban J connectivity index is 2.33. The van der Waals surface area contributed by atoms with E-state index in [-0.39, 0.29) is 5.91 Å². The summed E-state index contributed by atoms with van der Waals surface area (Å²) in [7, 11) is 1.66. The number of carbonyl (C=O) groups is 1. The highest BCUT2D eigenvalue weighted by Crippen LogP contribution is 2.19. The Morgan fingerprint density at radius 2 is 2.11 bits per heavy atom. The molecular weight excluding hydrogens is 242 g/mol. The van der Waals surface area contributed by atoms with Gasteiger partial charge in [0.15, 0.2) is 0 Å². The Labute approximate surface area is 115 Å². The fraction of sp³-hybridized carbons (Fsp3) is 0.533. The van der Waals surface area contributed by atoms with Crippen LogP contribution in [0.1, 0.15) is 25.3 Å². The van der Waals surface area contributed by atoms with Crippen LogP contribution in [-0.4, -0.2) is 32.8 Å². The fourth-order valence-corrected chi connectivity index (χ4v) is 1.79. The first kappa shape index (κ1) is 15.5. The number of hydrogen-bond acceptors (Lipinski definition) is 3. The van der Waals surface area contributed by atoms with Crippen molar-refractivity contribution in [3.05, 3.63) is 29.8 Å². The minimum atomic E-state index is 0.0717. The maximum atomic E-state index is 11.7. The van der Waals surface area contributed by atoms with Crippen LogP contribution in [0.4, 0.5) is 0 Å². The van der Waals surface area contributed by atoms with Gasteiger partial charge in [0.1, 0.15) is 5.75 Å². The van der Waals surface area contributed by atoms with Crippen molar-refractivity contribution in [1.82, 2.24) is 5.32 Å². The molecule has 1 amide bonds. The van der Waals surface area contributed by atoms with Crippen LogP contribution in [0.5, 0.6) is 5.75 Å². The predicted molar refractivity (Wildman–Crippen MR) is 75.4 cm³/mol. The zero-order chi connectivity index (χ0) is 13.9. The second kappa shape index (κ2) is 9.39. The molecule has 0 heterocycles. The fourth-order valence-electron chi connectivity index (χ4n) is 1.79. The summed E-state index contributed by atoms with van der Waals surface area (Å²) in [6.07, 6.45) is 2.03. The third-order valence-electron chi connectivity index (χ3n) is 2.74. The Hall–Kier alpha value is -1.55. The molecule has 0 radical (unpaired) electrons. The van der Waals surface area contributed by atoms with Crippen LogP contribution in [0.3, 0.4) is 0 Å². The van der Waals surface area contributed by atoms with Gasteiger partial charge in [0.25, 0.3) is 0 Å². The third-order valence-corrected chi connectivity index (χ3v) is 2.74. The number of para-hydroxylation sites is 1. The van der Waals surface area contributed by atoms with Gasteiger partial charge in [0.05, 0.1) is 6.61 Å². The molecule has 0 unspecified atom stereocenters. The molecule has 1 N–H and O–H groups in total. The summed E-state index contributed by atoms with van der Waals surface area (Å²) < 4.78 is 10.5. The molecule has 0 aliphatic rings. The molecule has 1 rings (SSSR count). The largest absolute Gasteiger partial charge is 0.494 e. The van der Waals surface area contributed by atoms with Crippen LogP contribution in [0.2, 0.25) is 0 Å². The van der Waals surface area contributed by atoms with E-state index in [1.54, 1.807) is 7.11 Å². The van der Waals surface area contributed by atoms with Crippen LogP contribution < -0.4 is 10.1 Å². The van der Waals surface area contributed by atoms with Gasteiger partial charge in [-0.2, -0.15) is 0 Å². The molecule has 4 nitrogen and oxygen atoms in total. The van der Waals surface area contributed by atoms with Crippen LogP contribution >= 0.6 is 0 Å². The van der Waals surface area contributed by atoms with E-state index in [2.05, 4.69) is 5.32 Å². The number of carbonyl (C=O) groups excluding carboxylic acids is 1. The molecule has 0 aliphatic heterocycles. The van der Waals surface area contributed by atoms with E-state index in [1.165, 1.54) is 0 Å². The van der Waals surface area contributed by atoms with Crippen LogP contribution in [-0.2, 0) is 16.0 Å². The second-order valence-electron chi connectivity index (χ2n) is 4.24. The number of nitrogens with one attached hydrogen (secondary N) is 1. The first-order valence-corrected chi connectivity index (χ1v) is 6.74. The third kappa shape index (κ3) is 6.25. The van der Waals surface area contributed by atoms with E-state index in [0.717, 1.165) is 17.7 Å². The number of aryl methyl sites for hydroxylation is 1. The Morgan fingerprint density at radius 3 is 2.84 bits per heavy atom. The van der Waals surface area contributed by atoms with Crippen LogP contribution in [0, 0.1) is 0 Å². The molecule has 0 aliphatic carbocycles. The van der Waals surface area contributed by atoms with E-state index < -0.39 is 0 Å². The molecule has 0 saturated carbocycles. The van der Waals surface area contributed by atoms with Gasteiger partial charge in [-0.25, -0.2) is 0 Å². The molecule has 1 aromatic rings. The smallest absolute Gasteiger partial charge is 0.220 e. The van der Waals surface area contributed by atoms with Crippen molar-refractivity contribution in [3.63, 3.8) is 0 Å². The maximum absolute atomic E-state index is 11.7. The SMILES string of the molecule is CCOc1ccccc1CCC(=O)NCCCOC. The first-order valence-electron chi connectivity index (χ1n) is 6.74. The number of methoxy groups -OCH3 is 1.